The number of hydrogen-bond acceptors (Lipinski definition) is 8. The number of amides is 4. The summed E-state index contributed by atoms with van der Waals surface area (Å²) in [7, 11) is 0. The summed E-state index contributed by atoms with van der Waals surface area (Å²) in [5, 5.41) is 17.1. The topological polar surface area (TPSA) is 258 Å². The average Bonchev–Trinajstić information content (AvgIpc) is 2.80. The Labute approximate surface area is 215 Å². The zero-order valence-electron chi connectivity index (χ0n) is 21.0. The highest BCUT2D eigenvalue weighted by Crippen LogP contribution is 2.10. The lowest BCUT2D eigenvalue weighted by molar-refractivity contribution is -0.143. The number of nitrogens with zero attached hydrogens (tertiary/aromatic N) is 1. The van der Waals surface area contributed by atoms with Crippen LogP contribution in [0.2, 0.25) is 0 Å². The monoisotopic (exact) mass is 532 g/mol. The Morgan fingerprint density at radius 1 is 0.944 bits per heavy atom. The van der Waals surface area contributed by atoms with Crippen molar-refractivity contribution in [1.29, 1.82) is 0 Å². The SMILES string of the molecule is CCC(C)C(NC(=O)C(CCSC)NC(=O)C(CCCN=C(N)N)NC(=O)C(N)CC(N)=O)C(=O)O. The van der Waals surface area contributed by atoms with Gasteiger partial charge in [0, 0.05) is 6.54 Å². The van der Waals surface area contributed by atoms with Crippen LogP contribution in [0.3, 0.4) is 0 Å². The predicted molar refractivity (Wildman–Crippen MR) is 138 cm³/mol. The maximum Gasteiger partial charge on any atom is 0.326 e. The summed E-state index contributed by atoms with van der Waals surface area (Å²) in [5.74, 6) is -4.04. The molecule has 0 saturated heterocycles. The van der Waals surface area contributed by atoms with Crippen LogP contribution in [0.5, 0.6) is 0 Å². The van der Waals surface area contributed by atoms with Crippen molar-refractivity contribution >= 4 is 47.3 Å². The first kappa shape index (κ1) is 32.9. The fourth-order valence-electron chi connectivity index (χ4n) is 3.07. The van der Waals surface area contributed by atoms with E-state index in [1.54, 1.807) is 13.8 Å². The van der Waals surface area contributed by atoms with E-state index in [1.807, 2.05) is 6.26 Å². The quantitative estimate of drug-likeness (QED) is 0.0526. The number of hydrogen-bond donors (Lipinski definition) is 8. The lowest BCUT2D eigenvalue weighted by Crippen LogP contribution is -2.58. The van der Waals surface area contributed by atoms with Crippen LogP contribution in [-0.2, 0) is 24.0 Å². The highest BCUT2D eigenvalue weighted by Gasteiger charge is 2.31. The minimum atomic E-state index is -1.27. The van der Waals surface area contributed by atoms with Gasteiger partial charge in [-0.05, 0) is 37.2 Å². The summed E-state index contributed by atoms with van der Waals surface area (Å²) in [6, 6.07) is -4.57. The number of guanidine groups is 1. The standard InChI is InChI=1S/C21H40N8O6S/c1-4-11(2)16(20(34)35)29-19(33)14(7-9-36-3)28-18(32)13(6-5-8-26-21(24)25)27-17(31)12(22)10-15(23)30/h11-14,16H,4-10,22H2,1-3H3,(H2,23,30)(H,27,31)(H,28,32)(H,29,33)(H,34,35)(H4,24,25,26). The van der Waals surface area contributed by atoms with Gasteiger partial charge in [0.1, 0.15) is 18.1 Å². The van der Waals surface area contributed by atoms with Crippen LogP contribution >= 0.6 is 11.8 Å². The van der Waals surface area contributed by atoms with Crippen molar-refractivity contribution in [3.63, 3.8) is 0 Å². The molecule has 0 radical (unpaired) electrons. The number of thioether (sulfide) groups is 1. The van der Waals surface area contributed by atoms with Crippen LogP contribution in [0.1, 0.15) is 46.0 Å². The molecule has 0 saturated carbocycles. The van der Waals surface area contributed by atoms with Gasteiger partial charge in [-0.2, -0.15) is 11.8 Å². The number of aliphatic carboxylic acids is 1. The van der Waals surface area contributed by atoms with Gasteiger partial charge in [-0.25, -0.2) is 4.79 Å². The van der Waals surface area contributed by atoms with Gasteiger partial charge in [0.05, 0.1) is 12.5 Å². The molecule has 0 aliphatic heterocycles. The molecule has 0 heterocycles. The number of carbonyl (C=O) groups excluding carboxylic acids is 4. The van der Waals surface area contributed by atoms with Gasteiger partial charge in [-0.1, -0.05) is 20.3 Å². The largest absolute Gasteiger partial charge is 0.480 e. The molecular weight excluding hydrogens is 492 g/mol. The molecular formula is C21H40N8O6S. The van der Waals surface area contributed by atoms with Crippen LogP contribution in [0.25, 0.3) is 0 Å². The Bertz CT molecular complexity index is 792. The average molecular weight is 533 g/mol. The van der Waals surface area contributed by atoms with Crippen molar-refractivity contribution in [2.45, 2.75) is 70.1 Å². The summed E-state index contributed by atoms with van der Waals surface area (Å²) in [6.07, 6.45) is 2.55. The van der Waals surface area contributed by atoms with E-state index in [0.29, 0.717) is 18.6 Å². The number of carboxylic acids is 1. The molecule has 5 atom stereocenters. The number of carboxylic acid groups (broad SMARTS) is 1. The Hall–Kier alpha value is -3.07. The molecule has 36 heavy (non-hydrogen) atoms. The number of nitrogens with one attached hydrogen (secondary N) is 3. The predicted octanol–water partition coefficient (Wildman–Crippen LogP) is -2.42. The smallest absolute Gasteiger partial charge is 0.326 e. The van der Waals surface area contributed by atoms with Gasteiger partial charge in [0.25, 0.3) is 0 Å². The maximum atomic E-state index is 13.1. The van der Waals surface area contributed by atoms with E-state index in [9.17, 15) is 29.1 Å². The maximum absolute atomic E-state index is 13.1. The molecule has 4 amide bonds. The second kappa shape index (κ2) is 17.4. The Balaban J connectivity index is 5.63. The second-order valence-corrected chi connectivity index (χ2v) is 9.33. The number of aliphatic imine (C=N–C) groups is 1. The lowest BCUT2D eigenvalue weighted by atomic mass is 9.98. The fraction of sp³-hybridized carbons (Fsp3) is 0.714. The van der Waals surface area contributed by atoms with Crippen molar-refractivity contribution in [3.05, 3.63) is 0 Å². The molecule has 0 fully saturated rings. The minimum Gasteiger partial charge on any atom is -0.480 e. The molecule has 12 N–H and O–H groups in total. The third-order valence-corrected chi connectivity index (χ3v) is 6.00. The highest BCUT2D eigenvalue weighted by atomic mass is 32.2. The van der Waals surface area contributed by atoms with E-state index in [2.05, 4.69) is 20.9 Å². The molecule has 0 aliphatic rings. The van der Waals surface area contributed by atoms with Gasteiger partial charge >= 0.3 is 5.97 Å². The third-order valence-electron chi connectivity index (χ3n) is 5.36. The second-order valence-electron chi connectivity index (χ2n) is 8.34. The molecule has 0 bridgehead atoms. The van der Waals surface area contributed by atoms with Crippen LogP contribution in [-0.4, -0.2) is 83.4 Å². The number of primary amides is 1. The molecule has 0 aromatic heterocycles. The summed E-state index contributed by atoms with van der Waals surface area (Å²) in [5.41, 5.74) is 21.4. The molecule has 15 heteroatoms. The van der Waals surface area contributed by atoms with Gasteiger partial charge in [0.2, 0.25) is 23.6 Å². The summed E-state index contributed by atoms with van der Waals surface area (Å²) >= 11 is 1.44. The van der Waals surface area contributed by atoms with Crippen molar-refractivity contribution in [2.75, 3.05) is 18.6 Å². The van der Waals surface area contributed by atoms with E-state index < -0.39 is 60.2 Å². The summed E-state index contributed by atoms with van der Waals surface area (Å²) in [6.45, 7) is 3.69. The van der Waals surface area contributed by atoms with Crippen molar-refractivity contribution in [1.82, 2.24) is 16.0 Å². The van der Waals surface area contributed by atoms with Gasteiger partial charge in [-0.3, -0.25) is 24.2 Å². The van der Waals surface area contributed by atoms with Crippen LogP contribution in [0.15, 0.2) is 4.99 Å². The molecule has 206 valence electrons. The minimum absolute atomic E-state index is 0.0964. The molecule has 0 aromatic rings. The normalized spacial score (nSPS) is 14.9. The van der Waals surface area contributed by atoms with Gasteiger partial charge in [0.15, 0.2) is 5.96 Å². The van der Waals surface area contributed by atoms with Crippen molar-refractivity contribution in [2.24, 2.45) is 33.8 Å². The van der Waals surface area contributed by atoms with Crippen LogP contribution in [0.4, 0.5) is 0 Å². The zero-order valence-corrected chi connectivity index (χ0v) is 21.8. The summed E-state index contributed by atoms with van der Waals surface area (Å²) < 4.78 is 0. The molecule has 14 nitrogen and oxygen atoms in total. The van der Waals surface area contributed by atoms with Gasteiger partial charge < -0.3 is 44.0 Å². The van der Waals surface area contributed by atoms with E-state index in [1.165, 1.54) is 11.8 Å². The van der Waals surface area contributed by atoms with Crippen LogP contribution in [0, 0.1) is 5.92 Å². The number of carbonyl (C=O) groups is 5. The molecule has 5 unspecified atom stereocenters. The number of rotatable bonds is 18. The van der Waals surface area contributed by atoms with E-state index in [4.69, 9.17) is 22.9 Å². The lowest BCUT2D eigenvalue weighted by Gasteiger charge is -2.26. The van der Waals surface area contributed by atoms with Gasteiger partial charge in [-0.15, -0.1) is 0 Å². The Kier molecular flexibility index (Phi) is 15.9. The number of nitrogens with two attached hydrogens (primary N) is 4. The van der Waals surface area contributed by atoms with E-state index >= 15 is 0 Å². The first-order chi connectivity index (χ1) is 16.8. The molecule has 0 rings (SSSR count). The van der Waals surface area contributed by atoms with Crippen molar-refractivity contribution < 1.29 is 29.1 Å². The van der Waals surface area contributed by atoms with Crippen LogP contribution < -0.4 is 38.9 Å². The Morgan fingerprint density at radius 3 is 2.00 bits per heavy atom. The summed E-state index contributed by atoms with van der Waals surface area (Å²) in [4.78, 5) is 65.0. The third kappa shape index (κ3) is 13.1. The molecule has 0 spiro atoms. The zero-order chi connectivity index (χ0) is 27.8. The highest BCUT2D eigenvalue weighted by molar-refractivity contribution is 7.98. The van der Waals surface area contributed by atoms with Crippen molar-refractivity contribution in [3.8, 4) is 0 Å². The Morgan fingerprint density at radius 2 is 1.50 bits per heavy atom. The van der Waals surface area contributed by atoms with E-state index in [0.717, 1.165) is 0 Å². The first-order valence-electron chi connectivity index (χ1n) is 11.6. The van der Waals surface area contributed by atoms with E-state index in [-0.39, 0.29) is 31.3 Å². The molecule has 0 aliphatic carbocycles. The molecule has 0 aromatic carbocycles. The fourth-order valence-corrected chi connectivity index (χ4v) is 3.55. The first-order valence-corrected chi connectivity index (χ1v) is 12.9.